The Bertz CT molecular complexity index is 286. The summed E-state index contributed by atoms with van der Waals surface area (Å²) in [5, 5.41) is 13.2. The molecule has 0 radical (unpaired) electrons. The molecule has 0 saturated carbocycles. The third kappa shape index (κ3) is 0.991. The van der Waals surface area contributed by atoms with Crippen molar-refractivity contribution in [3.8, 4) is 0 Å². The highest BCUT2D eigenvalue weighted by Crippen LogP contribution is 2.18. The van der Waals surface area contributed by atoms with Gasteiger partial charge in [-0.05, 0) is 12.2 Å². The molecule has 0 fully saturated rings. The lowest BCUT2D eigenvalue weighted by molar-refractivity contribution is 0.259. The largest absolute Gasteiger partial charge is 0.384 e. The van der Waals surface area contributed by atoms with Crippen LogP contribution in [0.3, 0.4) is 0 Å². The van der Waals surface area contributed by atoms with E-state index in [1.54, 1.807) is 18.4 Å². The molecule has 0 aromatic heterocycles. The van der Waals surface area contributed by atoms with Crippen molar-refractivity contribution < 1.29 is 5.11 Å². The van der Waals surface area contributed by atoms with Crippen molar-refractivity contribution >= 4 is 6.21 Å². The molecule has 0 aromatic rings. The smallest absolute Gasteiger partial charge is 0.0995 e. The number of fused-ring (bicyclic) bond motifs is 1. The van der Waals surface area contributed by atoms with Crippen LogP contribution in [0, 0.1) is 0 Å². The number of aliphatic hydroxyl groups is 1. The van der Waals surface area contributed by atoms with Gasteiger partial charge in [0.15, 0.2) is 0 Å². The normalized spacial score (nSPS) is 26.8. The molecule has 0 spiro atoms. The summed E-state index contributed by atoms with van der Waals surface area (Å²) in [6.45, 7) is 0. The fraction of sp³-hybridized carbons (Fsp3) is 0.125. The number of hydrogen-bond acceptors (Lipinski definition) is 3. The number of rotatable bonds is 0. The Morgan fingerprint density at radius 2 is 2.36 bits per heavy atom. The Hall–Kier alpha value is -1.35. The van der Waals surface area contributed by atoms with Gasteiger partial charge in [0.05, 0.1) is 11.8 Å². The molecule has 1 heterocycles. The van der Waals surface area contributed by atoms with Crippen LogP contribution in [0.4, 0.5) is 0 Å². The Kier molecular flexibility index (Phi) is 1.36. The molecule has 1 aliphatic carbocycles. The highest BCUT2D eigenvalue weighted by Gasteiger charge is 2.15. The fourth-order valence-corrected chi connectivity index (χ4v) is 1.13. The molecule has 2 aliphatic rings. The first-order valence-corrected chi connectivity index (χ1v) is 3.44. The quantitative estimate of drug-likeness (QED) is 0.519. The van der Waals surface area contributed by atoms with Crippen LogP contribution < -0.4 is 5.43 Å². The van der Waals surface area contributed by atoms with E-state index in [9.17, 15) is 5.11 Å². The van der Waals surface area contributed by atoms with Gasteiger partial charge < -0.3 is 5.11 Å². The topological polar surface area (TPSA) is 44.6 Å². The van der Waals surface area contributed by atoms with Gasteiger partial charge in [0.25, 0.3) is 0 Å². The molecule has 0 saturated heterocycles. The van der Waals surface area contributed by atoms with Gasteiger partial charge in [-0.1, -0.05) is 12.2 Å². The molecule has 1 atom stereocenters. The second-order valence-corrected chi connectivity index (χ2v) is 2.42. The van der Waals surface area contributed by atoms with Gasteiger partial charge >= 0.3 is 0 Å². The van der Waals surface area contributed by atoms with Crippen molar-refractivity contribution in [3.05, 3.63) is 35.6 Å². The first-order valence-electron chi connectivity index (χ1n) is 3.44. The average Bonchev–Trinajstić information content (AvgIpc) is 2.06. The van der Waals surface area contributed by atoms with Crippen molar-refractivity contribution in [3.63, 3.8) is 0 Å². The van der Waals surface area contributed by atoms with Crippen molar-refractivity contribution in [2.24, 2.45) is 5.10 Å². The molecule has 0 amide bonds. The zero-order chi connectivity index (χ0) is 7.68. The molecule has 2 N–H and O–H groups in total. The molecule has 3 nitrogen and oxygen atoms in total. The first-order chi connectivity index (χ1) is 5.38. The first kappa shape index (κ1) is 6.37. The van der Waals surface area contributed by atoms with E-state index in [4.69, 9.17) is 0 Å². The van der Waals surface area contributed by atoms with Gasteiger partial charge in [-0.2, -0.15) is 5.10 Å². The van der Waals surface area contributed by atoms with E-state index in [0.29, 0.717) is 0 Å². The predicted octanol–water partition coefficient (Wildman–Crippen LogP) is 0.316. The van der Waals surface area contributed by atoms with Crippen LogP contribution in [0.2, 0.25) is 0 Å². The number of hydrogen-bond donors (Lipinski definition) is 2. The average molecular weight is 148 g/mol. The van der Waals surface area contributed by atoms with E-state index < -0.39 is 6.10 Å². The maximum atomic E-state index is 9.41. The maximum Gasteiger partial charge on any atom is 0.0995 e. The highest BCUT2D eigenvalue weighted by atomic mass is 16.3. The SMILES string of the molecule is OC1C=CC=C2NN=CC=C21. The number of nitrogens with one attached hydrogen (secondary N) is 1. The van der Waals surface area contributed by atoms with Crippen LogP contribution in [-0.2, 0) is 0 Å². The number of nitrogens with zero attached hydrogens (tertiary/aromatic N) is 1. The molecule has 0 aromatic carbocycles. The molecular formula is C8H8N2O. The standard InChI is InChI=1S/C8H8N2O/c11-8-3-1-2-7-6(8)4-5-9-10-7/h1-5,8,10-11H. The lowest BCUT2D eigenvalue weighted by Gasteiger charge is -2.19. The molecule has 11 heavy (non-hydrogen) atoms. The summed E-state index contributed by atoms with van der Waals surface area (Å²) in [5.41, 5.74) is 4.56. The van der Waals surface area contributed by atoms with E-state index in [-0.39, 0.29) is 0 Å². The van der Waals surface area contributed by atoms with Gasteiger partial charge in [-0.3, -0.25) is 5.43 Å². The molecule has 1 aliphatic heterocycles. The minimum atomic E-state index is -0.491. The Morgan fingerprint density at radius 3 is 3.18 bits per heavy atom. The van der Waals surface area contributed by atoms with Crippen LogP contribution in [0.25, 0.3) is 0 Å². The van der Waals surface area contributed by atoms with E-state index >= 15 is 0 Å². The lowest BCUT2D eigenvalue weighted by atomic mass is 10.0. The molecule has 1 unspecified atom stereocenters. The van der Waals surface area contributed by atoms with Gasteiger partial charge in [0.2, 0.25) is 0 Å². The van der Waals surface area contributed by atoms with Gasteiger partial charge in [0.1, 0.15) is 0 Å². The molecule has 56 valence electrons. The number of aliphatic hydroxyl groups excluding tert-OH is 1. The summed E-state index contributed by atoms with van der Waals surface area (Å²) >= 11 is 0. The van der Waals surface area contributed by atoms with Crippen LogP contribution >= 0.6 is 0 Å². The summed E-state index contributed by atoms with van der Waals surface area (Å²) in [6.07, 6.45) is 8.37. The van der Waals surface area contributed by atoms with Crippen LogP contribution in [0.1, 0.15) is 0 Å². The molecular weight excluding hydrogens is 140 g/mol. The predicted molar refractivity (Wildman–Crippen MR) is 42.9 cm³/mol. The van der Waals surface area contributed by atoms with Crippen molar-refractivity contribution in [2.75, 3.05) is 0 Å². The maximum absolute atomic E-state index is 9.41. The molecule has 0 bridgehead atoms. The van der Waals surface area contributed by atoms with Gasteiger partial charge in [-0.25, -0.2) is 0 Å². The highest BCUT2D eigenvalue weighted by molar-refractivity contribution is 5.76. The summed E-state index contributed by atoms with van der Waals surface area (Å²) in [4.78, 5) is 0. The van der Waals surface area contributed by atoms with Crippen LogP contribution in [0.15, 0.2) is 40.7 Å². The second kappa shape index (κ2) is 2.36. The van der Waals surface area contributed by atoms with Crippen molar-refractivity contribution in [1.82, 2.24) is 5.43 Å². The Labute approximate surface area is 64.4 Å². The van der Waals surface area contributed by atoms with Crippen LogP contribution in [-0.4, -0.2) is 17.4 Å². The molecule has 3 heteroatoms. The molecule has 2 rings (SSSR count). The Balaban J connectivity index is 2.41. The van der Waals surface area contributed by atoms with E-state index in [2.05, 4.69) is 10.5 Å². The number of allylic oxidation sites excluding steroid dienone is 3. The zero-order valence-corrected chi connectivity index (χ0v) is 5.86. The summed E-state index contributed by atoms with van der Waals surface area (Å²) in [5.74, 6) is 0. The van der Waals surface area contributed by atoms with E-state index in [1.807, 2.05) is 12.2 Å². The van der Waals surface area contributed by atoms with Gasteiger partial charge in [0, 0.05) is 11.8 Å². The third-order valence-corrected chi connectivity index (χ3v) is 1.70. The lowest BCUT2D eigenvalue weighted by Crippen LogP contribution is -2.21. The monoisotopic (exact) mass is 148 g/mol. The van der Waals surface area contributed by atoms with Gasteiger partial charge in [-0.15, -0.1) is 0 Å². The zero-order valence-electron chi connectivity index (χ0n) is 5.86. The summed E-state index contributed by atoms with van der Waals surface area (Å²) < 4.78 is 0. The van der Waals surface area contributed by atoms with E-state index in [1.165, 1.54) is 0 Å². The van der Waals surface area contributed by atoms with Crippen molar-refractivity contribution in [2.45, 2.75) is 6.10 Å². The Morgan fingerprint density at radius 1 is 1.45 bits per heavy atom. The minimum absolute atomic E-state index is 0.491. The van der Waals surface area contributed by atoms with Crippen LogP contribution in [0.5, 0.6) is 0 Å². The van der Waals surface area contributed by atoms with E-state index in [0.717, 1.165) is 11.3 Å². The number of hydrazone groups is 1. The fourth-order valence-electron chi connectivity index (χ4n) is 1.13. The summed E-state index contributed by atoms with van der Waals surface area (Å²) in [7, 11) is 0. The minimum Gasteiger partial charge on any atom is -0.384 e. The van der Waals surface area contributed by atoms with Crippen molar-refractivity contribution in [1.29, 1.82) is 0 Å². The second-order valence-electron chi connectivity index (χ2n) is 2.42. The summed E-state index contributed by atoms with van der Waals surface area (Å²) in [6, 6.07) is 0. The third-order valence-electron chi connectivity index (χ3n) is 1.70.